The van der Waals surface area contributed by atoms with E-state index in [1.54, 1.807) is 6.08 Å². The van der Waals surface area contributed by atoms with Crippen LogP contribution in [0.5, 0.6) is 0 Å². The first kappa shape index (κ1) is 19.2. The van der Waals surface area contributed by atoms with Gasteiger partial charge in [-0.05, 0) is 32.1 Å². The molecule has 0 bridgehead atoms. The van der Waals surface area contributed by atoms with E-state index in [2.05, 4.69) is 20.4 Å². The monoisotopic (exact) mass is 380 g/mol. The summed E-state index contributed by atoms with van der Waals surface area (Å²) < 4.78 is 17.8. The number of carbonyl (C=O) groups is 1. The third-order valence-electron chi connectivity index (χ3n) is 8.11. The lowest BCUT2D eigenvalue weighted by Gasteiger charge is -2.68. The van der Waals surface area contributed by atoms with Gasteiger partial charge in [0.1, 0.15) is 11.7 Å². The lowest BCUT2D eigenvalue weighted by atomic mass is 9.41. The van der Waals surface area contributed by atoms with Crippen molar-refractivity contribution in [3.8, 4) is 0 Å². The Hall–Kier alpha value is -1.11. The molecule has 2 aliphatic heterocycles. The van der Waals surface area contributed by atoms with Gasteiger partial charge in [-0.3, -0.25) is 0 Å². The summed E-state index contributed by atoms with van der Waals surface area (Å²) >= 11 is 0. The van der Waals surface area contributed by atoms with E-state index in [4.69, 9.17) is 14.2 Å². The van der Waals surface area contributed by atoms with Crippen LogP contribution < -0.4 is 0 Å². The maximum Gasteiger partial charge on any atom is 0.509 e. The molecule has 4 rings (SSSR count). The fourth-order valence-electron chi connectivity index (χ4n) is 7.20. The van der Waals surface area contributed by atoms with Crippen LogP contribution in [0.2, 0.25) is 0 Å². The number of aliphatic hydroxyl groups is 2. The Morgan fingerprint density at radius 3 is 2.41 bits per heavy atom. The van der Waals surface area contributed by atoms with Crippen molar-refractivity contribution in [2.45, 2.75) is 89.5 Å². The third-order valence-corrected chi connectivity index (χ3v) is 8.11. The number of carbonyl (C=O) groups excluding carboxylic acids is 1. The smallest absolute Gasteiger partial charge is 0.427 e. The second-order valence-electron chi connectivity index (χ2n) is 10.3. The lowest BCUT2D eigenvalue weighted by Crippen LogP contribution is -2.77. The summed E-state index contributed by atoms with van der Waals surface area (Å²) in [5.74, 6) is -0.539. The van der Waals surface area contributed by atoms with Gasteiger partial charge in [0, 0.05) is 23.7 Å². The maximum atomic E-state index is 12.2. The van der Waals surface area contributed by atoms with E-state index in [1.807, 2.05) is 20.8 Å². The minimum absolute atomic E-state index is 0.144. The number of hydrogen-bond acceptors (Lipinski definition) is 6. The quantitative estimate of drug-likeness (QED) is 0.537. The molecule has 0 unspecified atom stereocenters. The van der Waals surface area contributed by atoms with E-state index in [0.29, 0.717) is 12.8 Å². The number of hydrogen-bond donors (Lipinski definition) is 2. The van der Waals surface area contributed by atoms with Gasteiger partial charge in [0.15, 0.2) is 6.10 Å². The normalized spacial score (nSPS) is 56.2. The fourth-order valence-corrected chi connectivity index (χ4v) is 7.20. The lowest BCUT2D eigenvalue weighted by molar-refractivity contribution is -0.336. The molecule has 27 heavy (non-hydrogen) atoms. The molecule has 0 radical (unpaired) electrons. The molecule has 0 amide bonds. The summed E-state index contributed by atoms with van der Waals surface area (Å²) in [6.45, 7) is 14.0. The van der Waals surface area contributed by atoms with Crippen LogP contribution in [0.25, 0.3) is 0 Å². The standard InChI is InChI=1S/C21H32O6/c1-7-19(4)10-11(22)14-20(5)12(23)8-9-18(2,3)15(20)13-16(21(14,6)27-19)26-17(24)25-13/h7,11-16,22-23H,1,8-10H2,2-6H3/t11-,12-,13+,14-,15+,16+,19+,20-,21+/m1/s1. The molecule has 152 valence electrons. The molecule has 2 saturated heterocycles. The first-order valence-electron chi connectivity index (χ1n) is 9.96. The van der Waals surface area contributed by atoms with E-state index >= 15 is 0 Å². The molecule has 0 aromatic carbocycles. The fraction of sp³-hybridized carbons (Fsp3) is 0.857. The van der Waals surface area contributed by atoms with Gasteiger partial charge in [0.05, 0.1) is 17.8 Å². The van der Waals surface area contributed by atoms with Gasteiger partial charge in [-0.15, -0.1) is 6.58 Å². The van der Waals surface area contributed by atoms with Crippen LogP contribution in [-0.2, 0) is 14.2 Å². The molecule has 6 nitrogen and oxygen atoms in total. The second kappa shape index (κ2) is 5.49. The van der Waals surface area contributed by atoms with Crippen LogP contribution in [-0.4, -0.2) is 52.0 Å². The Morgan fingerprint density at radius 2 is 1.78 bits per heavy atom. The molecular formula is C21H32O6. The van der Waals surface area contributed by atoms with E-state index < -0.39 is 53.1 Å². The average Bonchev–Trinajstić information content (AvgIpc) is 2.92. The number of aliphatic hydroxyl groups excluding tert-OH is 2. The highest BCUT2D eigenvalue weighted by Crippen LogP contribution is 2.67. The Balaban J connectivity index is 1.92. The molecule has 2 aliphatic carbocycles. The predicted molar refractivity (Wildman–Crippen MR) is 98.0 cm³/mol. The van der Waals surface area contributed by atoms with Crippen molar-refractivity contribution >= 4 is 6.16 Å². The summed E-state index contributed by atoms with van der Waals surface area (Å²) in [5.41, 5.74) is -2.59. The summed E-state index contributed by atoms with van der Waals surface area (Å²) in [6, 6.07) is 0. The highest BCUT2D eigenvalue weighted by Gasteiger charge is 2.76. The van der Waals surface area contributed by atoms with Crippen molar-refractivity contribution in [3.05, 3.63) is 12.7 Å². The van der Waals surface area contributed by atoms with Crippen LogP contribution in [0.1, 0.15) is 53.9 Å². The molecule has 2 heterocycles. The molecule has 4 fully saturated rings. The number of rotatable bonds is 1. The van der Waals surface area contributed by atoms with Gasteiger partial charge in [0.2, 0.25) is 0 Å². The van der Waals surface area contributed by atoms with Gasteiger partial charge in [-0.25, -0.2) is 4.79 Å². The maximum absolute atomic E-state index is 12.2. The summed E-state index contributed by atoms with van der Waals surface area (Å²) in [5, 5.41) is 22.5. The zero-order valence-electron chi connectivity index (χ0n) is 16.9. The van der Waals surface area contributed by atoms with Crippen LogP contribution in [0.4, 0.5) is 4.79 Å². The van der Waals surface area contributed by atoms with Crippen LogP contribution in [0.3, 0.4) is 0 Å². The highest BCUT2D eigenvalue weighted by atomic mass is 16.8. The van der Waals surface area contributed by atoms with E-state index in [0.717, 1.165) is 6.42 Å². The van der Waals surface area contributed by atoms with Crippen molar-refractivity contribution in [2.24, 2.45) is 22.7 Å². The van der Waals surface area contributed by atoms with Gasteiger partial charge in [0.25, 0.3) is 0 Å². The summed E-state index contributed by atoms with van der Waals surface area (Å²) in [4.78, 5) is 12.2. The SMILES string of the molecule is C=C[C@@]1(C)C[C@@H](O)[C@H]2[C@](C)(O1)[C@H]1OC(=O)O[C@H]1[C@H]1C(C)(C)CC[C@@H](O)[C@@]12C. The number of ether oxygens (including phenoxy) is 3. The molecule has 9 atom stereocenters. The van der Waals surface area contributed by atoms with E-state index in [-0.39, 0.29) is 11.3 Å². The molecular weight excluding hydrogens is 348 g/mol. The Kier molecular flexibility index (Phi) is 3.90. The first-order valence-corrected chi connectivity index (χ1v) is 9.96. The number of fused-ring (bicyclic) bond motifs is 6. The zero-order valence-corrected chi connectivity index (χ0v) is 16.9. The van der Waals surface area contributed by atoms with Crippen molar-refractivity contribution in [3.63, 3.8) is 0 Å². The van der Waals surface area contributed by atoms with Crippen LogP contribution in [0.15, 0.2) is 12.7 Å². The summed E-state index contributed by atoms with van der Waals surface area (Å²) in [7, 11) is 0. The molecule has 2 saturated carbocycles. The first-order chi connectivity index (χ1) is 12.4. The van der Waals surface area contributed by atoms with Crippen molar-refractivity contribution in [1.82, 2.24) is 0 Å². The Labute approximate surface area is 160 Å². The van der Waals surface area contributed by atoms with E-state index in [1.165, 1.54) is 0 Å². The van der Waals surface area contributed by atoms with Gasteiger partial charge in [-0.1, -0.05) is 26.8 Å². The zero-order chi connectivity index (χ0) is 20.0. The molecule has 0 aromatic heterocycles. The van der Waals surface area contributed by atoms with Gasteiger partial charge in [-0.2, -0.15) is 0 Å². The molecule has 0 spiro atoms. The second-order valence-corrected chi connectivity index (χ2v) is 10.3. The largest absolute Gasteiger partial charge is 0.509 e. The van der Waals surface area contributed by atoms with Crippen LogP contribution >= 0.6 is 0 Å². The minimum atomic E-state index is -0.989. The van der Waals surface area contributed by atoms with Crippen molar-refractivity contribution in [1.29, 1.82) is 0 Å². The Bertz CT molecular complexity index is 676. The van der Waals surface area contributed by atoms with E-state index in [9.17, 15) is 15.0 Å². The molecule has 6 heteroatoms. The molecule has 2 N–H and O–H groups in total. The van der Waals surface area contributed by atoms with Crippen LogP contribution in [0, 0.1) is 22.7 Å². The van der Waals surface area contributed by atoms with Gasteiger partial charge < -0.3 is 24.4 Å². The molecule has 4 aliphatic rings. The van der Waals surface area contributed by atoms with Gasteiger partial charge >= 0.3 is 6.16 Å². The predicted octanol–water partition coefficient (Wildman–Crippen LogP) is 2.81. The highest BCUT2D eigenvalue weighted by molar-refractivity contribution is 5.63. The minimum Gasteiger partial charge on any atom is -0.427 e. The molecule has 0 aromatic rings. The van der Waals surface area contributed by atoms with Crippen molar-refractivity contribution < 1.29 is 29.2 Å². The average molecular weight is 380 g/mol. The Morgan fingerprint density at radius 1 is 1.11 bits per heavy atom. The third kappa shape index (κ3) is 2.33. The summed E-state index contributed by atoms with van der Waals surface area (Å²) in [6.07, 6.45) is 0.353. The van der Waals surface area contributed by atoms with Crippen molar-refractivity contribution in [2.75, 3.05) is 0 Å². The topological polar surface area (TPSA) is 85.2 Å².